The van der Waals surface area contributed by atoms with Gasteiger partial charge in [0.1, 0.15) is 18.0 Å². The van der Waals surface area contributed by atoms with Crippen LogP contribution in [-0.2, 0) is 16.1 Å². The molecule has 0 bridgehead atoms. The van der Waals surface area contributed by atoms with Crippen LogP contribution in [0.25, 0.3) is 10.9 Å². The molecule has 0 saturated carbocycles. The number of hydrogen-bond acceptors (Lipinski definition) is 8. The lowest BCUT2D eigenvalue weighted by atomic mass is 10.1. The molecular weight excluding hydrogens is 392 g/mol. The van der Waals surface area contributed by atoms with Gasteiger partial charge in [-0.1, -0.05) is 12.1 Å². The van der Waals surface area contributed by atoms with E-state index in [9.17, 15) is 19.7 Å². The van der Waals surface area contributed by atoms with Crippen molar-refractivity contribution in [2.24, 2.45) is 0 Å². The van der Waals surface area contributed by atoms with Gasteiger partial charge in [-0.2, -0.15) is 0 Å². The van der Waals surface area contributed by atoms with Crippen LogP contribution < -0.4 is 10.5 Å². The molecule has 3 aromatic rings. The van der Waals surface area contributed by atoms with E-state index in [1.54, 1.807) is 30.3 Å². The van der Waals surface area contributed by atoms with Gasteiger partial charge in [-0.05, 0) is 24.3 Å². The maximum atomic E-state index is 12.6. The predicted molar refractivity (Wildman–Crippen MR) is 108 cm³/mol. The zero-order chi connectivity index (χ0) is 21.1. The molecule has 0 spiro atoms. The van der Waals surface area contributed by atoms with Gasteiger partial charge in [0.05, 0.1) is 29.0 Å². The van der Waals surface area contributed by atoms with E-state index >= 15 is 0 Å². The molecule has 2 aromatic carbocycles. The van der Waals surface area contributed by atoms with Gasteiger partial charge in [-0.15, -0.1) is 0 Å². The third-order valence-electron chi connectivity index (χ3n) is 4.77. The Kier molecular flexibility index (Phi) is 5.40. The number of hydrogen-bond donors (Lipinski definition) is 1. The molecule has 1 N–H and O–H groups in total. The van der Waals surface area contributed by atoms with Crippen molar-refractivity contribution in [2.75, 3.05) is 31.2 Å². The first kappa shape index (κ1) is 19.5. The number of ether oxygens (including phenoxy) is 2. The maximum Gasteiger partial charge on any atom is 0.345 e. The van der Waals surface area contributed by atoms with Crippen LogP contribution in [0.15, 0.2) is 47.3 Å². The molecule has 30 heavy (non-hydrogen) atoms. The molecule has 1 aromatic heterocycles. The molecule has 1 saturated heterocycles. The number of nitrogens with one attached hydrogen (secondary N) is 1. The van der Waals surface area contributed by atoms with E-state index in [4.69, 9.17) is 9.47 Å². The predicted octanol–water partition coefficient (Wildman–Crippen LogP) is 2.02. The SMILES string of the molecule is O=C(OCc1nc2ccccc2c(=O)[nH]1)c1cc(N2CCOCC2)ccc1[N+](=O)[O-]. The van der Waals surface area contributed by atoms with E-state index in [0.29, 0.717) is 42.9 Å². The van der Waals surface area contributed by atoms with Crippen LogP contribution in [0.1, 0.15) is 16.2 Å². The number of nitrogens with zero attached hydrogens (tertiary/aromatic N) is 3. The summed E-state index contributed by atoms with van der Waals surface area (Å²) in [7, 11) is 0. The Labute approximate surface area is 170 Å². The van der Waals surface area contributed by atoms with Gasteiger partial charge in [0.15, 0.2) is 0 Å². The number of nitro groups is 1. The molecule has 0 unspecified atom stereocenters. The number of benzene rings is 2. The van der Waals surface area contributed by atoms with E-state index in [-0.39, 0.29) is 29.2 Å². The van der Waals surface area contributed by atoms with Crippen LogP contribution >= 0.6 is 0 Å². The van der Waals surface area contributed by atoms with Crippen molar-refractivity contribution < 1.29 is 19.2 Å². The third kappa shape index (κ3) is 3.98. The third-order valence-corrected chi connectivity index (χ3v) is 4.77. The largest absolute Gasteiger partial charge is 0.454 e. The molecule has 1 aliphatic heterocycles. The van der Waals surface area contributed by atoms with E-state index in [1.807, 2.05) is 4.90 Å². The minimum atomic E-state index is -0.868. The monoisotopic (exact) mass is 410 g/mol. The van der Waals surface area contributed by atoms with Crippen LogP contribution in [0.2, 0.25) is 0 Å². The molecule has 10 heteroatoms. The maximum absolute atomic E-state index is 12.6. The molecule has 2 heterocycles. The number of aromatic nitrogens is 2. The molecule has 0 radical (unpaired) electrons. The number of carbonyl (C=O) groups excluding carboxylic acids is 1. The Hall–Kier alpha value is -3.79. The lowest BCUT2D eigenvalue weighted by molar-refractivity contribution is -0.385. The number of rotatable bonds is 5. The highest BCUT2D eigenvalue weighted by Crippen LogP contribution is 2.26. The fraction of sp³-hybridized carbons (Fsp3) is 0.250. The number of fused-ring (bicyclic) bond motifs is 1. The van der Waals surface area contributed by atoms with Gasteiger partial charge in [-0.3, -0.25) is 14.9 Å². The van der Waals surface area contributed by atoms with Crippen LogP contribution in [0, 0.1) is 10.1 Å². The summed E-state index contributed by atoms with van der Waals surface area (Å²) in [5, 5.41) is 11.8. The van der Waals surface area contributed by atoms with Crippen LogP contribution in [0.4, 0.5) is 11.4 Å². The van der Waals surface area contributed by atoms with Crippen molar-refractivity contribution in [3.05, 3.63) is 74.3 Å². The number of H-pyrrole nitrogens is 1. The average molecular weight is 410 g/mol. The molecule has 1 fully saturated rings. The summed E-state index contributed by atoms with van der Waals surface area (Å²) >= 11 is 0. The summed E-state index contributed by atoms with van der Waals surface area (Å²) in [6.07, 6.45) is 0. The number of carbonyl (C=O) groups is 1. The van der Waals surface area contributed by atoms with Gasteiger partial charge in [-0.25, -0.2) is 9.78 Å². The van der Waals surface area contributed by atoms with Gasteiger partial charge < -0.3 is 19.4 Å². The normalized spacial score (nSPS) is 13.9. The second-order valence-electron chi connectivity index (χ2n) is 6.66. The molecule has 154 valence electrons. The summed E-state index contributed by atoms with van der Waals surface area (Å²) in [6, 6.07) is 11.1. The first-order valence-corrected chi connectivity index (χ1v) is 9.29. The van der Waals surface area contributed by atoms with Crippen molar-refractivity contribution in [3.8, 4) is 0 Å². The smallest absolute Gasteiger partial charge is 0.345 e. The molecule has 0 amide bonds. The molecule has 10 nitrogen and oxygen atoms in total. The quantitative estimate of drug-likeness (QED) is 0.384. The number of para-hydroxylation sites is 1. The number of anilines is 1. The lowest BCUT2D eigenvalue weighted by Gasteiger charge is -2.29. The topological polar surface area (TPSA) is 128 Å². The van der Waals surface area contributed by atoms with E-state index < -0.39 is 10.9 Å². The first-order chi connectivity index (χ1) is 14.5. The van der Waals surface area contributed by atoms with E-state index in [0.717, 1.165) is 0 Å². The molecule has 0 aliphatic carbocycles. The highest BCUT2D eigenvalue weighted by Gasteiger charge is 2.24. The van der Waals surface area contributed by atoms with Crippen molar-refractivity contribution in [1.82, 2.24) is 9.97 Å². The molecular formula is C20H18N4O6. The summed E-state index contributed by atoms with van der Waals surface area (Å²) in [4.78, 5) is 44.3. The Balaban J connectivity index is 1.57. The average Bonchev–Trinajstić information content (AvgIpc) is 2.77. The number of aromatic amines is 1. The highest BCUT2D eigenvalue weighted by molar-refractivity contribution is 5.95. The van der Waals surface area contributed by atoms with Gasteiger partial charge in [0, 0.05) is 24.8 Å². The number of morpholine rings is 1. The minimum Gasteiger partial charge on any atom is -0.454 e. The first-order valence-electron chi connectivity index (χ1n) is 9.29. The van der Waals surface area contributed by atoms with E-state index in [2.05, 4.69) is 9.97 Å². The van der Waals surface area contributed by atoms with Crippen LogP contribution in [-0.4, -0.2) is 47.2 Å². The number of nitro benzene ring substituents is 1. The van der Waals surface area contributed by atoms with Crippen LogP contribution in [0.3, 0.4) is 0 Å². The van der Waals surface area contributed by atoms with E-state index in [1.165, 1.54) is 12.1 Å². The standard InChI is InChI=1S/C20H18N4O6/c25-19-14-3-1-2-4-16(14)21-18(22-19)12-30-20(26)15-11-13(5-6-17(15)24(27)28)23-7-9-29-10-8-23/h1-6,11H,7-10,12H2,(H,21,22,25). The van der Waals surface area contributed by atoms with Crippen molar-refractivity contribution in [1.29, 1.82) is 0 Å². The van der Waals surface area contributed by atoms with Gasteiger partial charge >= 0.3 is 5.97 Å². The molecule has 0 atom stereocenters. The zero-order valence-electron chi connectivity index (χ0n) is 15.9. The highest BCUT2D eigenvalue weighted by atomic mass is 16.6. The molecule has 4 rings (SSSR count). The fourth-order valence-electron chi connectivity index (χ4n) is 3.28. The van der Waals surface area contributed by atoms with Crippen LogP contribution in [0.5, 0.6) is 0 Å². The zero-order valence-corrected chi connectivity index (χ0v) is 15.9. The number of esters is 1. The Bertz CT molecular complexity index is 1170. The molecule has 1 aliphatic rings. The lowest BCUT2D eigenvalue weighted by Crippen LogP contribution is -2.36. The second kappa shape index (κ2) is 8.29. The van der Waals surface area contributed by atoms with Crippen molar-refractivity contribution >= 4 is 28.2 Å². The Morgan fingerprint density at radius 1 is 1.23 bits per heavy atom. The summed E-state index contributed by atoms with van der Waals surface area (Å²) in [5.41, 5.74) is 0.275. The van der Waals surface area contributed by atoms with Crippen molar-refractivity contribution in [3.63, 3.8) is 0 Å². The van der Waals surface area contributed by atoms with Crippen molar-refractivity contribution in [2.45, 2.75) is 6.61 Å². The second-order valence-corrected chi connectivity index (χ2v) is 6.66. The summed E-state index contributed by atoms with van der Waals surface area (Å²) in [5.74, 6) is -0.716. The van der Waals surface area contributed by atoms with Gasteiger partial charge in [0.25, 0.3) is 11.2 Å². The summed E-state index contributed by atoms with van der Waals surface area (Å²) in [6.45, 7) is 2.00. The Morgan fingerprint density at radius 3 is 2.77 bits per heavy atom. The van der Waals surface area contributed by atoms with Gasteiger partial charge in [0.2, 0.25) is 0 Å². The Morgan fingerprint density at radius 2 is 2.00 bits per heavy atom. The minimum absolute atomic E-state index is 0.152. The summed E-state index contributed by atoms with van der Waals surface area (Å²) < 4.78 is 10.5. The fourth-order valence-corrected chi connectivity index (χ4v) is 3.28.